The molecule has 0 aromatic heterocycles. The van der Waals surface area contributed by atoms with Gasteiger partial charge in [0, 0.05) is 73.4 Å². The van der Waals surface area contributed by atoms with E-state index in [1.807, 2.05) is 72.8 Å². The Bertz CT molecular complexity index is 2760. The number of hydrogen-bond donors (Lipinski definition) is 2. The summed E-state index contributed by atoms with van der Waals surface area (Å²) >= 11 is 0. The van der Waals surface area contributed by atoms with E-state index in [2.05, 4.69) is 0 Å². The van der Waals surface area contributed by atoms with E-state index in [-0.39, 0.29) is 89.1 Å². The van der Waals surface area contributed by atoms with Gasteiger partial charge in [0.2, 0.25) is 0 Å². The zero-order valence-corrected chi connectivity index (χ0v) is 36.9. The normalized spacial score (nSPS) is 19.4. The minimum absolute atomic E-state index is 0. The number of phenolic OH excluding ortho intramolecular Hbond substituents is 2. The molecule has 0 spiro atoms. The number of carbonyl (C=O) groups excluding carboxylic acids is 2. The standard InChI is InChI=1S/C50H44N6O8.Ni/c1-61-41-23-24-42(62-2)36-28-54-48(60)56-30-38-37(29-55-47(59)53(27-35(36)41)49(54,33-17-7-5-8-18-33)50(55,56)34-19-9-6-10-20-34)45(63-3)43(51-25-31-15-11-13-21-39(31)57)44(46(38)64-4)52-26-32-16-12-14-22-40(32)58;/h5-26,57-58H,27-30H2,1-4H3;. The van der Waals surface area contributed by atoms with Gasteiger partial charge in [-0.1, -0.05) is 84.9 Å². The number of aliphatic imine (C=N–C) groups is 2. The summed E-state index contributed by atoms with van der Waals surface area (Å²) < 4.78 is 24.6. The Labute approximate surface area is 385 Å². The first kappa shape index (κ1) is 42.8. The fraction of sp³-hybridized carbons (Fsp3) is 0.200. The molecule has 65 heavy (non-hydrogen) atoms. The average Bonchev–Trinajstić information content (AvgIpc) is 3.47. The van der Waals surface area contributed by atoms with Crippen LogP contribution in [0.3, 0.4) is 0 Å². The number of para-hydroxylation sites is 2. The summed E-state index contributed by atoms with van der Waals surface area (Å²) in [5.74, 6) is 1.71. The van der Waals surface area contributed by atoms with Crippen molar-refractivity contribution in [1.29, 1.82) is 0 Å². The van der Waals surface area contributed by atoms with Crippen molar-refractivity contribution < 1.29 is 55.2 Å². The molecule has 14 nitrogen and oxygen atoms in total. The van der Waals surface area contributed by atoms with Crippen LogP contribution < -0.4 is 18.9 Å². The summed E-state index contributed by atoms with van der Waals surface area (Å²) in [4.78, 5) is 49.1. The molecule has 6 aromatic carbocycles. The van der Waals surface area contributed by atoms with Gasteiger partial charge in [-0.25, -0.2) is 19.6 Å². The van der Waals surface area contributed by atoms with Crippen LogP contribution in [0.4, 0.5) is 21.0 Å². The van der Waals surface area contributed by atoms with Crippen molar-refractivity contribution in [2.24, 2.45) is 9.98 Å². The van der Waals surface area contributed by atoms with Crippen LogP contribution in [0.1, 0.15) is 44.5 Å². The van der Waals surface area contributed by atoms with Crippen LogP contribution in [0.2, 0.25) is 0 Å². The molecule has 4 amide bonds. The number of hydrogen-bond acceptors (Lipinski definition) is 10. The van der Waals surface area contributed by atoms with Crippen LogP contribution >= 0.6 is 0 Å². The third-order valence-electron chi connectivity index (χ3n) is 12.9. The number of amides is 4. The monoisotopic (exact) mass is 914 g/mol. The second kappa shape index (κ2) is 16.6. The topological polar surface area (TPSA) is 149 Å². The van der Waals surface area contributed by atoms with Crippen LogP contribution in [0, 0.1) is 0 Å². The zero-order valence-electron chi connectivity index (χ0n) is 35.9. The quantitative estimate of drug-likeness (QED) is 0.103. The summed E-state index contributed by atoms with van der Waals surface area (Å²) in [6, 6.07) is 35.9. The fourth-order valence-electron chi connectivity index (χ4n) is 10.2. The van der Waals surface area contributed by atoms with Crippen LogP contribution in [0.5, 0.6) is 34.5 Å². The molecule has 4 heterocycles. The van der Waals surface area contributed by atoms with E-state index < -0.39 is 11.3 Å². The van der Waals surface area contributed by atoms with Crippen molar-refractivity contribution in [2.45, 2.75) is 37.5 Å². The molecule has 2 N–H and O–H groups in total. The Morgan fingerprint density at radius 2 is 0.815 bits per heavy atom. The minimum atomic E-state index is -1.51. The Morgan fingerprint density at radius 3 is 1.15 bits per heavy atom. The largest absolute Gasteiger partial charge is 0.507 e. The van der Waals surface area contributed by atoms with E-state index in [0.29, 0.717) is 39.3 Å². The number of urea groups is 2. The average molecular weight is 916 g/mol. The van der Waals surface area contributed by atoms with Gasteiger partial charge in [0.25, 0.3) is 0 Å². The Hall–Kier alpha value is -7.51. The van der Waals surface area contributed by atoms with E-state index in [1.165, 1.54) is 26.6 Å². The van der Waals surface area contributed by atoms with Gasteiger partial charge in [0.15, 0.2) is 22.8 Å². The maximum atomic E-state index is 16.1. The maximum absolute atomic E-state index is 16.1. The van der Waals surface area contributed by atoms with E-state index in [9.17, 15) is 10.2 Å². The maximum Gasteiger partial charge on any atom is 0.325 e. The summed E-state index contributed by atoms with van der Waals surface area (Å²) in [7, 11) is 6.22. The van der Waals surface area contributed by atoms with Gasteiger partial charge in [-0.3, -0.25) is 19.6 Å². The summed E-state index contributed by atoms with van der Waals surface area (Å²) in [5, 5.41) is 21.6. The number of fused-ring (bicyclic) bond motifs is 2. The Morgan fingerprint density at radius 1 is 0.477 bits per heavy atom. The number of aromatic hydroxyl groups is 2. The molecule has 0 atom stereocenters. The van der Waals surface area contributed by atoms with E-state index >= 15 is 9.59 Å². The van der Waals surface area contributed by atoms with Crippen LogP contribution in [0.25, 0.3) is 0 Å². The second-order valence-corrected chi connectivity index (χ2v) is 15.8. The molecule has 0 aliphatic carbocycles. The molecule has 2 fully saturated rings. The first-order valence-corrected chi connectivity index (χ1v) is 20.7. The molecule has 332 valence electrons. The van der Waals surface area contributed by atoms with E-state index in [0.717, 1.165) is 16.7 Å². The first-order valence-electron chi connectivity index (χ1n) is 20.7. The van der Waals surface area contributed by atoms with Gasteiger partial charge in [-0.15, -0.1) is 0 Å². The molecule has 0 saturated carbocycles. The predicted molar refractivity (Wildman–Crippen MR) is 239 cm³/mol. The van der Waals surface area contributed by atoms with Crippen LogP contribution in [0.15, 0.2) is 131 Å². The van der Waals surface area contributed by atoms with Crippen LogP contribution in [-0.4, -0.2) is 82.7 Å². The number of rotatable bonds is 10. The molecule has 10 rings (SSSR count). The van der Waals surface area contributed by atoms with Crippen molar-refractivity contribution in [2.75, 3.05) is 28.4 Å². The molecule has 4 aliphatic rings. The second-order valence-electron chi connectivity index (χ2n) is 15.8. The predicted octanol–water partition coefficient (Wildman–Crippen LogP) is 8.54. The minimum Gasteiger partial charge on any atom is -0.507 e. The Kier molecular flexibility index (Phi) is 10.9. The number of carbonyl (C=O) groups is 2. The van der Waals surface area contributed by atoms with Crippen molar-refractivity contribution in [3.63, 3.8) is 0 Å². The van der Waals surface area contributed by atoms with Gasteiger partial charge < -0.3 is 29.2 Å². The molecule has 0 radical (unpaired) electrons. The number of phenols is 2. The molecule has 4 aliphatic heterocycles. The summed E-state index contributed by atoms with van der Waals surface area (Å²) in [5.41, 5.74) is 2.33. The molecule has 6 aromatic rings. The summed E-state index contributed by atoms with van der Waals surface area (Å²) in [6.07, 6.45) is 3.02. The zero-order chi connectivity index (χ0) is 44.3. The number of benzene rings is 6. The van der Waals surface area contributed by atoms with E-state index in [1.54, 1.807) is 82.4 Å². The Balaban J connectivity index is 0.00000533. The first-order chi connectivity index (χ1) is 31.2. The molecular formula is C50H44N6NiO8. The van der Waals surface area contributed by atoms with Gasteiger partial charge in [0.05, 0.1) is 54.6 Å². The van der Waals surface area contributed by atoms with Gasteiger partial charge in [-0.2, -0.15) is 0 Å². The molecular weight excluding hydrogens is 871 g/mol. The molecule has 15 heteroatoms. The van der Waals surface area contributed by atoms with Gasteiger partial charge >= 0.3 is 12.1 Å². The number of nitrogens with zero attached hydrogens (tertiary/aromatic N) is 6. The van der Waals surface area contributed by atoms with E-state index in [4.69, 9.17) is 28.9 Å². The smallest absolute Gasteiger partial charge is 0.325 e. The fourth-order valence-corrected chi connectivity index (χ4v) is 10.2. The molecule has 2 saturated heterocycles. The van der Waals surface area contributed by atoms with Crippen molar-refractivity contribution >= 4 is 35.9 Å². The van der Waals surface area contributed by atoms with Gasteiger partial charge in [0.1, 0.15) is 34.4 Å². The van der Waals surface area contributed by atoms with Crippen molar-refractivity contribution in [3.8, 4) is 34.5 Å². The SMILES string of the molecule is COc1ccc(OC)c2c1CN1C(=O)N3Cc4c(c(OC)c(N=Cc5ccccc5O)c(N=Cc5ccccc5O)c4OC)CN4C(=O)N(C2)C1(c1ccccc1)C34c1ccccc1.[Ni]. The van der Waals surface area contributed by atoms with Crippen LogP contribution in [-0.2, 0) is 54.0 Å². The number of ether oxygens (including phenoxy) is 4. The third-order valence-corrected chi connectivity index (χ3v) is 12.9. The molecule has 0 bridgehead atoms. The summed E-state index contributed by atoms with van der Waals surface area (Å²) in [6.45, 7) is 0.0387. The molecule has 0 unspecified atom stereocenters. The van der Waals surface area contributed by atoms with Crippen molar-refractivity contribution in [3.05, 3.63) is 166 Å². The van der Waals surface area contributed by atoms with Gasteiger partial charge in [-0.05, 0) is 36.4 Å². The number of methoxy groups -OCH3 is 4. The van der Waals surface area contributed by atoms with Crippen molar-refractivity contribution in [1.82, 2.24) is 19.6 Å². The third kappa shape index (κ3) is 6.05.